The molecule has 2 heterocycles. The van der Waals surface area contributed by atoms with Crippen molar-refractivity contribution in [2.45, 2.75) is 45.7 Å². The van der Waals surface area contributed by atoms with Crippen molar-refractivity contribution in [3.63, 3.8) is 0 Å². The Morgan fingerprint density at radius 1 is 1.34 bits per heavy atom. The molecule has 1 aromatic heterocycles. The first-order chi connectivity index (χ1) is 13.9. The molecule has 4 N–H and O–H groups in total. The van der Waals surface area contributed by atoms with E-state index < -0.39 is 0 Å². The number of aromatic nitrogens is 1. The summed E-state index contributed by atoms with van der Waals surface area (Å²) in [6.07, 6.45) is 6.57. The van der Waals surface area contributed by atoms with E-state index in [-0.39, 0.29) is 0 Å². The van der Waals surface area contributed by atoms with Crippen molar-refractivity contribution < 1.29 is 0 Å². The van der Waals surface area contributed by atoms with Gasteiger partial charge in [-0.25, -0.2) is 0 Å². The minimum atomic E-state index is 0.335. The summed E-state index contributed by atoms with van der Waals surface area (Å²) >= 11 is 0. The molecule has 1 fully saturated rings. The molecule has 1 aliphatic rings. The number of likely N-dealkylation sites (tertiary alicyclic amines) is 1. The molecule has 0 bridgehead atoms. The normalized spacial score (nSPS) is 16.9. The van der Waals surface area contributed by atoms with Gasteiger partial charge < -0.3 is 25.9 Å². The molecule has 0 saturated carbocycles. The van der Waals surface area contributed by atoms with Crippen LogP contribution in [0.3, 0.4) is 0 Å². The van der Waals surface area contributed by atoms with E-state index in [0.29, 0.717) is 24.7 Å². The zero-order chi connectivity index (χ0) is 20.8. The number of hydrogen-bond donors (Lipinski definition) is 4. The van der Waals surface area contributed by atoms with Crippen LogP contribution in [0.4, 0.5) is 0 Å². The van der Waals surface area contributed by atoms with Gasteiger partial charge >= 0.3 is 0 Å². The summed E-state index contributed by atoms with van der Waals surface area (Å²) in [6.45, 7) is 15.0. The number of H-pyrrole nitrogens is 1. The SMILES string of the molecule is C=C(NCc1cc2cc(C)ccc2[nH]1)NC1CCCN(C(=C)CC(=N)/C=C\C)C1. The third-order valence-electron chi connectivity index (χ3n) is 5.33. The Morgan fingerprint density at radius 2 is 2.17 bits per heavy atom. The zero-order valence-electron chi connectivity index (χ0n) is 17.6. The molecule has 1 atom stereocenters. The molecule has 5 nitrogen and oxygen atoms in total. The van der Waals surface area contributed by atoms with Gasteiger partial charge in [-0.2, -0.15) is 0 Å². The van der Waals surface area contributed by atoms with Gasteiger partial charge in [-0.3, -0.25) is 0 Å². The van der Waals surface area contributed by atoms with Crippen LogP contribution in [0.25, 0.3) is 10.9 Å². The molecule has 0 spiro atoms. The van der Waals surface area contributed by atoms with Gasteiger partial charge in [0, 0.05) is 48.2 Å². The average molecular weight is 392 g/mol. The Kier molecular flexibility index (Phi) is 6.81. The Labute approximate surface area is 174 Å². The zero-order valence-corrected chi connectivity index (χ0v) is 17.6. The van der Waals surface area contributed by atoms with Gasteiger partial charge in [0.05, 0.1) is 12.4 Å². The highest BCUT2D eigenvalue weighted by atomic mass is 15.2. The Hall–Kier alpha value is -2.95. The number of rotatable bonds is 9. The Bertz CT molecular complexity index is 920. The van der Waals surface area contributed by atoms with Crippen molar-refractivity contribution in [3.05, 3.63) is 72.4 Å². The van der Waals surface area contributed by atoms with Gasteiger partial charge in [0.15, 0.2) is 0 Å². The second-order valence-electron chi connectivity index (χ2n) is 7.92. The molecule has 1 saturated heterocycles. The second-order valence-corrected chi connectivity index (χ2v) is 7.92. The van der Waals surface area contributed by atoms with Crippen molar-refractivity contribution in [1.82, 2.24) is 20.5 Å². The largest absolute Gasteiger partial charge is 0.373 e. The molecule has 154 valence electrons. The van der Waals surface area contributed by atoms with E-state index in [0.717, 1.165) is 48.7 Å². The lowest BCUT2D eigenvalue weighted by atomic mass is 10.0. The summed E-state index contributed by atoms with van der Waals surface area (Å²) in [6, 6.07) is 8.97. The predicted molar refractivity (Wildman–Crippen MR) is 123 cm³/mol. The molecule has 1 unspecified atom stereocenters. The van der Waals surface area contributed by atoms with Crippen LogP contribution < -0.4 is 10.6 Å². The van der Waals surface area contributed by atoms with Crippen molar-refractivity contribution >= 4 is 16.6 Å². The maximum Gasteiger partial charge on any atom is 0.0918 e. The highest BCUT2D eigenvalue weighted by Crippen LogP contribution is 2.18. The summed E-state index contributed by atoms with van der Waals surface area (Å²) in [4.78, 5) is 5.75. The molecule has 1 aliphatic heterocycles. The van der Waals surface area contributed by atoms with Gasteiger partial charge in [0.1, 0.15) is 0 Å². The van der Waals surface area contributed by atoms with E-state index in [4.69, 9.17) is 5.41 Å². The Morgan fingerprint density at radius 3 is 2.97 bits per heavy atom. The summed E-state index contributed by atoms with van der Waals surface area (Å²) in [7, 11) is 0. The van der Waals surface area contributed by atoms with Gasteiger partial charge in [0.2, 0.25) is 0 Å². The summed E-state index contributed by atoms with van der Waals surface area (Å²) < 4.78 is 0. The standard InChI is InChI=1S/C24H33N5/c1-5-7-21(25)13-18(3)29-11-6-8-22(16-29)27-19(4)26-15-23-14-20-12-17(2)9-10-24(20)28-23/h5,7,9-10,12,14,22,25-28H,3-4,6,8,11,13,15-16H2,1-2H3/b7-5-,25-21?. The number of fused-ring (bicyclic) bond motifs is 1. The number of aromatic amines is 1. The van der Waals surface area contributed by atoms with Crippen LogP contribution in [0.15, 0.2) is 61.1 Å². The van der Waals surface area contributed by atoms with Gasteiger partial charge in [0.25, 0.3) is 0 Å². The highest BCUT2D eigenvalue weighted by Gasteiger charge is 2.21. The summed E-state index contributed by atoms with van der Waals surface area (Å²) in [5.41, 5.74) is 5.20. The van der Waals surface area contributed by atoms with Crippen LogP contribution in [0.2, 0.25) is 0 Å². The van der Waals surface area contributed by atoms with Crippen molar-refractivity contribution in [2.24, 2.45) is 0 Å². The second kappa shape index (κ2) is 9.50. The number of allylic oxidation sites excluding steroid dienone is 3. The molecule has 0 amide bonds. The topological polar surface area (TPSA) is 66.9 Å². The van der Waals surface area contributed by atoms with Crippen LogP contribution >= 0.6 is 0 Å². The van der Waals surface area contributed by atoms with E-state index in [1.807, 2.05) is 19.1 Å². The van der Waals surface area contributed by atoms with Gasteiger partial charge in [-0.05, 0) is 56.4 Å². The average Bonchev–Trinajstić information content (AvgIpc) is 3.08. The van der Waals surface area contributed by atoms with E-state index in [1.165, 1.54) is 10.9 Å². The first-order valence-electron chi connectivity index (χ1n) is 10.3. The lowest BCUT2D eigenvalue weighted by Gasteiger charge is -2.36. The van der Waals surface area contributed by atoms with Crippen LogP contribution in [-0.2, 0) is 6.54 Å². The molecule has 1 aromatic carbocycles. The minimum Gasteiger partial charge on any atom is -0.373 e. The molecule has 0 aliphatic carbocycles. The third kappa shape index (κ3) is 5.76. The third-order valence-corrected chi connectivity index (χ3v) is 5.33. The molecule has 3 rings (SSSR count). The molecule has 5 heteroatoms. The molecule has 29 heavy (non-hydrogen) atoms. The predicted octanol–water partition coefficient (Wildman–Crippen LogP) is 4.59. The maximum atomic E-state index is 7.97. The van der Waals surface area contributed by atoms with Crippen molar-refractivity contribution in [3.8, 4) is 0 Å². The van der Waals surface area contributed by atoms with E-state index >= 15 is 0 Å². The smallest absolute Gasteiger partial charge is 0.0918 e. The van der Waals surface area contributed by atoms with Crippen molar-refractivity contribution in [1.29, 1.82) is 5.41 Å². The first-order valence-corrected chi connectivity index (χ1v) is 10.3. The number of benzene rings is 1. The highest BCUT2D eigenvalue weighted by molar-refractivity contribution is 5.93. The summed E-state index contributed by atoms with van der Waals surface area (Å²) in [5, 5.41) is 16.1. The van der Waals surface area contributed by atoms with Gasteiger partial charge in [-0.15, -0.1) is 0 Å². The molecule has 2 aromatic rings. The first kappa shape index (κ1) is 20.8. The van der Waals surface area contributed by atoms with E-state index in [9.17, 15) is 0 Å². The number of nitrogens with zero attached hydrogens (tertiary/aromatic N) is 1. The maximum absolute atomic E-state index is 7.97. The number of piperidine rings is 1. The quantitative estimate of drug-likeness (QED) is 0.473. The Balaban J connectivity index is 1.48. The van der Waals surface area contributed by atoms with Crippen molar-refractivity contribution in [2.75, 3.05) is 13.1 Å². The van der Waals surface area contributed by atoms with E-state index in [2.05, 4.69) is 64.9 Å². The lowest BCUT2D eigenvalue weighted by Crippen LogP contribution is -2.46. The monoisotopic (exact) mass is 391 g/mol. The fourth-order valence-corrected chi connectivity index (χ4v) is 3.88. The van der Waals surface area contributed by atoms with Crippen LogP contribution in [0.1, 0.15) is 37.4 Å². The summed E-state index contributed by atoms with van der Waals surface area (Å²) in [5.74, 6) is 0.846. The molecule has 0 radical (unpaired) electrons. The number of hydrogen-bond acceptors (Lipinski definition) is 4. The minimum absolute atomic E-state index is 0.335. The number of aryl methyl sites for hydroxylation is 1. The molecular weight excluding hydrogens is 358 g/mol. The number of nitrogens with one attached hydrogen (secondary N) is 4. The fraction of sp³-hybridized carbons (Fsp3) is 0.375. The van der Waals surface area contributed by atoms with Crippen LogP contribution in [0.5, 0.6) is 0 Å². The van der Waals surface area contributed by atoms with E-state index in [1.54, 1.807) is 0 Å². The lowest BCUT2D eigenvalue weighted by molar-refractivity contribution is 0.239. The van der Waals surface area contributed by atoms with Gasteiger partial charge in [-0.1, -0.05) is 30.9 Å². The fourth-order valence-electron chi connectivity index (χ4n) is 3.88. The van der Waals surface area contributed by atoms with Crippen LogP contribution in [0, 0.1) is 12.3 Å². The molecular formula is C24H33N5. The van der Waals surface area contributed by atoms with Crippen LogP contribution in [-0.4, -0.2) is 34.7 Å².